The first-order valence-corrected chi connectivity index (χ1v) is 5.00. The van der Waals surface area contributed by atoms with Crippen molar-refractivity contribution >= 4 is 5.69 Å². The minimum atomic E-state index is -4.36. The maximum absolute atomic E-state index is 12.3. The predicted molar refractivity (Wildman–Crippen MR) is 59.1 cm³/mol. The summed E-state index contributed by atoms with van der Waals surface area (Å²) in [6.07, 6.45) is -2.82. The molecule has 0 aliphatic rings. The molecular weight excluding hydrogens is 247 g/mol. The molecule has 1 heterocycles. The van der Waals surface area contributed by atoms with Gasteiger partial charge in [0.1, 0.15) is 11.4 Å². The van der Waals surface area contributed by atoms with Gasteiger partial charge >= 0.3 is 6.18 Å². The van der Waals surface area contributed by atoms with Crippen molar-refractivity contribution in [2.45, 2.75) is 6.18 Å². The Morgan fingerprint density at radius 3 is 2.28 bits per heavy atom. The van der Waals surface area contributed by atoms with Crippen molar-refractivity contribution in [3.8, 4) is 11.6 Å². The Labute approximate surface area is 101 Å². The number of halogens is 3. The summed E-state index contributed by atoms with van der Waals surface area (Å²) in [4.78, 5) is 0. The molecule has 1 aromatic carbocycles. The topological polar surface area (TPSA) is 53.1 Å². The number of hydrogen-bond donors (Lipinski definition) is 1. The molecule has 0 saturated carbocycles. The van der Waals surface area contributed by atoms with Gasteiger partial charge in [0.25, 0.3) is 5.88 Å². The van der Waals surface area contributed by atoms with E-state index >= 15 is 0 Å². The Bertz CT molecular complexity index is 546. The molecule has 0 aliphatic heterocycles. The molecule has 0 saturated heterocycles. The van der Waals surface area contributed by atoms with Crippen LogP contribution in [0, 0.1) is 0 Å². The number of anilines is 1. The van der Waals surface area contributed by atoms with Crippen LogP contribution < -0.4 is 10.5 Å². The Hall–Kier alpha value is -2.18. The first kappa shape index (κ1) is 12.3. The van der Waals surface area contributed by atoms with Gasteiger partial charge in [0.05, 0.1) is 11.8 Å². The smallest absolute Gasteiger partial charge is 0.416 e. The number of nitrogens with zero attached hydrogens (tertiary/aromatic N) is 2. The first-order valence-electron chi connectivity index (χ1n) is 5.00. The lowest BCUT2D eigenvalue weighted by Gasteiger charge is -2.07. The molecule has 0 aliphatic carbocycles. The van der Waals surface area contributed by atoms with Crippen LogP contribution >= 0.6 is 0 Å². The van der Waals surface area contributed by atoms with Gasteiger partial charge in [-0.15, -0.1) is 5.10 Å². The molecule has 0 atom stereocenters. The molecule has 0 radical (unpaired) electrons. The van der Waals surface area contributed by atoms with Gasteiger partial charge in [-0.05, 0) is 24.3 Å². The van der Waals surface area contributed by atoms with Crippen LogP contribution in [0.25, 0.3) is 0 Å². The van der Waals surface area contributed by atoms with Gasteiger partial charge in [-0.25, -0.2) is 0 Å². The summed E-state index contributed by atoms with van der Waals surface area (Å²) in [6.45, 7) is 0. The van der Waals surface area contributed by atoms with E-state index in [9.17, 15) is 13.2 Å². The van der Waals surface area contributed by atoms with Crippen molar-refractivity contribution in [1.29, 1.82) is 0 Å². The standard InChI is InChI=1S/C11H10F3N3O/c1-17-6-9(15)10(16-17)18-8-4-2-7(3-5-8)11(12,13)14/h2-6H,15H2,1H3. The minimum Gasteiger partial charge on any atom is -0.436 e. The molecular formula is C11H10F3N3O. The molecule has 2 aromatic rings. The molecule has 7 heteroatoms. The summed E-state index contributed by atoms with van der Waals surface area (Å²) in [5.41, 5.74) is 5.18. The van der Waals surface area contributed by atoms with Crippen LogP contribution in [0.5, 0.6) is 11.6 Å². The minimum absolute atomic E-state index is 0.164. The quantitative estimate of drug-likeness (QED) is 0.900. The number of hydrogen-bond acceptors (Lipinski definition) is 3. The highest BCUT2D eigenvalue weighted by atomic mass is 19.4. The fourth-order valence-electron chi connectivity index (χ4n) is 1.39. The normalized spacial score (nSPS) is 11.6. The highest BCUT2D eigenvalue weighted by Gasteiger charge is 2.30. The van der Waals surface area contributed by atoms with E-state index < -0.39 is 11.7 Å². The van der Waals surface area contributed by atoms with Crippen molar-refractivity contribution in [1.82, 2.24) is 9.78 Å². The maximum Gasteiger partial charge on any atom is 0.416 e. The van der Waals surface area contributed by atoms with Crippen molar-refractivity contribution in [3.63, 3.8) is 0 Å². The van der Waals surface area contributed by atoms with E-state index in [0.29, 0.717) is 5.69 Å². The van der Waals surface area contributed by atoms with E-state index in [2.05, 4.69) is 5.10 Å². The fourth-order valence-corrected chi connectivity index (χ4v) is 1.39. The number of alkyl halides is 3. The third-order valence-electron chi connectivity index (χ3n) is 2.22. The summed E-state index contributed by atoms with van der Waals surface area (Å²) in [6, 6.07) is 4.32. The Kier molecular flexibility index (Phi) is 2.90. The Morgan fingerprint density at radius 1 is 1.22 bits per heavy atom. The van der Waals surface area contributed by atoms with Crippen LogP contribution in [0.1, 0.15) is 5.56 Å². The van der Waals surface area contributed by atoms with Gasteiger partial charge < -0.3 is 10.5 Å². The number of nitrogen functional groups attached to an aromatic ring is 1. The number of ether oxygens (including phenoxy) is 1. The molecule has 1 aromatic heterocycles. The van der Waals surface area contributed by atoms with E-state index in [1.807, 2.05) is 0 Å². The van der Waals surface area contributed by atoms with E-state index in [4.69, 9.17) is 10.5 Å². The second kappa shape index (κ2) is 4.25. The SMILES string of the molecule is Cn1cc(N)c(Oc2ccc(C(F)(F)F)cc2)n1. The largest absolute Gasteiger partial charge is 0.436 e. The van der Waals surface area contributed by atoms with Crippen LogP contribution in [-0.4, -0.2) is 9.78 Å². The van der Waals surface area contributed by atoms with E-state index in [-0.39, 0.29) is 11.6 Å². The molecule has 96 valence electrons. The monoisotopic (exact) mass is 257 g/mol. The molecule has 18 heavy (non-hydrogen) atoms. The average Bonchev–Trinajstić information content (AvgIpc) is 2.57. The van der Waals surface area contributed by atoms with Crippen molar-refractivity contribution < 1.29 is 17.9 Å². The summed E-state index contributed by atoms with van der Waals surface area (Å²) >= 11 is 0. The lowest BCUT2D eigenvalue weighted by molar-refractivity contribution is -0.137. The molecule has 4 nitrogen and oxygen atoms in total. The molecule has 0 bridgehead atoms. The van der Waals surface area contributed by atoms with Gasteiger partial charge in [0, 0.05) is 7.05 Å². The van der Waals surface area contributed by atoms with Gasteiger partial charge in [-0.3, -0.25) is 4.68 Å². The number of aryl methyl sites for hydroxylation is 1. The third-order valence-corrected chi connectivity index (χ3v) is 2.22. The van der Waals surface area contributed by atoms with Gasteiger partial charge in [0.2, 0.25) is 0 Å². The number of nitrogens with two attached hydrogens (primary N) is 1. The lowest BCUT2D eigenvalue weighted by atomic mass is 10.2. The van der Waals surface area contributed by atoms with E-state index in [1.54, 1.807) is 13.2 Å². The van der Waals surface area contributed by atoms with Crippen LogP contribution in [0.3, 0.4) is 0 Å². The zero-order valence-electron chi connectivity index (χ0n) is 9.40. The second-order valence-electron chi connectivity index (χ2n) is 3.69. The molecule has 2 rings (SSSR count). The summed E-state index contributed by atoms with van der Waals surface area (Å²) < 4.78 is 43.7. The van der Waals surface area contributed by atoms with Crippen molar-refractivity contribution in [2.24, 2.45) is 7.05 Å². The van der Waals surface area contributed by atoms with E-state index in [0.717, 1.165) is 12.1 Å². The van der Waals surface area contributed by atoms with Gasteiger partial charge in [-0.1, -0.05) is 0 Å². The first-order chi connectivity index (χ1) is 8.36. The predicted octanol–water partition coefficient (Wildman–Crippen LogP) is 2.81. The van der Waals surface area contributed by atoms with Crippen LogP contribution in [0.2, 0.25) is 0 Å². The van der Waals surface area contributed by atoms with Crippen LogP contribution in [0.15, 0.2) is 30.5 Å². The van der Waals surface area contributed by atoms with Gasteiger partial charge in [-0.2, -0.15) is 13.2 Å². The zero-order chi connectivity index (χ0) is 13.3. The molecule has 0 unspecified atom stereocenters. The Balaban J connectivity index is 2.18. The molecule has 0 amide bonds. The van der Waals surface area contributed by atoms with Crippen LogP contribution in [0.4, 0.5) is 18.9 Å². The maximum atomic E-state index is 12.3. The highest BCUT2D eigenvalue weighted by Crippen LogP contribution is 2.31. The zero-order valence-corrected chi connectivity index (χ0v) is 9.40. The van der Waals surface area contributed by atoms with Crippen LogP contribution in [-0.2, 0) is 13.2 Å². The molecule has 2 N–H and O–H groups in total. The second-order valence-corrected chi connectivity index (χ2v) is 3.69. The molecule has 0 fully saturated rings. The average molecular weight is 257 g/mol. The number of rotatable bonds is 2. The number of aromatic nitrogens is 2. The number of benzene rings is 1. The van der Waals surface area contributed by atoms with Crippen molar-refractivity contribution in [3.05, 3.63) is 36.0 Å². The van der Waals surface area contributed by atoms with Crippen molar-refractivity contribution in [2.75, 3.05) is 5.73 Å². The van der Waals surface area contributed by atoms with E-state index in [1.165, 1.54) is 16.8 Å². The fraction of sp³-hybridized carbons (Fsp3) is 0.182. The summed E-state index contributed by atoms with van der Waals surface area (Å²) in [5.74, 6) is 0.408. The van der Waals surface area contributed by atoms with Gasteiger partial charge in [0.15, 0.2) is 0 Å². The lowest BCUT2D eigenvalue weighted by Crippen LogP contribution is -2.04. The third kappa shape index (κ3) is 2.55. The molecule has 0 spiro atoms. The Morgan fingerprint density at radius 2 is 1.83 bits per heavy atom. The summed E-state index contributed by atoms with van der Waals surface area (Å²) in [7, 11) is 1.66. The summed E-state index contributed by atoms with van der Waals surface area (Å²) in [5, 5.41) is 3.92. The highest BCUT2D eigenvalue weighted by molar-refractivity contribution is 5.48.